The standard InChI is InChI=1S/C12H17ClN2/c1-2-3-7-11(15-14)9-10-6-4-5-8-12(10)13/h2,4-6,8,11,15H,1,3,7,9,14H2. The predicted octanol–water partition coefficient (Wildman–Crippen LogP) is 2.68. The van der Waals surface area contributed by atoms with Crippen LogP contribution in [0.3, 0.4) is 0 Å². The first-order valence-electron chi connectivity index (χ1n) is 5.08. The number of hydrazine groups is 1. The van der Waals surface area contributed by atoms with Gasteiger partial charge in [-0.1, -0.05) is 35.9 Å². The molecule has 1 unspecified atom stereocenters. The molecule has 1 atom stereocenters. The van der Waals surface area contributed by atoms with E-state index in [1.807, 2.05) is 30.3 Å². The number of nitrogens with one attached hydrogen (secondary N) is 1. The summed E-state index contributed by atoms with van der Waals surface area (Å²) in [5.74, 6) is 5.48. The van der Waals surface area contributed by atoms with Crippen LogP contribution in [0, 0.1) is 0 Å². The minimum Gasteiger partial charge on any atom is -0.271 e. The molecule has 3 heteroatoms. The Kier molecular flexibility index (Phi) is 5.40. The summed E-state index contributed by atoms with van der Waals surface area (Å²) in [5, 5.41) is 0.802. The van der Waals surface area contributed by atoms with Gasteiger partial charge in [0.2, 0.25) is 0 Å². The number of halogens is 1. The fraction of sp³-hybridized carbons (Fsp3) is 0.333. The van der Waals surface area contributed by atoms with E-state index in [2.05, 4.69) is 12.0 Å². The van der Waals surface area contributed by atoms with Gasteiger partial charge >= 0.3 is 0 Å². The Bertz CT molecular complexity index is 312. The number of nitrogens with two attached hydrogens (primary N) is 1. The van der Waals surface area contributed by atoms with Gasteiger partial charge in [0.15, 0.2) is 0 Å². The van der Waals surface area contributed by atoms with Gasteiger partial charge in [-0.15, -0.1) is 6.58 Å². The second-order valence-corrected chi connectivity index (χ2v) is 3.93. The van der Waals surface area contributed by atoms with Crippen molar-refractivity contribution in [1.82, 2.24) is 5.43 Å². The average Bonchev–Trinajstić information content (AvgIpc) is 2.26. The average molecular weight is 225 g/mol. The summed E-state index contributed by atoms with van der Waals surface area (Å²) in [6.45, 7) is 3.70. The lowest BCUT2D eigenvalue weighted by molar-refractivity contribution is 0.495. The normalized spacial score (nSPS) is 12.4. The van der Waals surface area contributed by atoms with Crippen LogP contribution >= 0.6 is 11.6 Å². The molecule has 0 amide bonds. The molecule has 0 aromatic heterocycles. The van der Waals surface area contributed by atoms with Crippen LogP contribution in [-0.2, 0) is 6.42 Å². The van der Waals surface area contributed by atoms with Crippen molar-refractivity contribution in [1.29, 1.82) is 0 Å². The van der Waals surface area contributed by atoms with Crippen molar-refractivity contribution in [2.45, 2.75) is 25.3 Å². The zero-order valence-electron chi connectivity index (χ0n) is 8.75. The highest BCUT2D eigenvalue weighted by atomic mass is 35.5. The van der Waals surface area contributed by atoms with Gasteiger partial charge in [-0.25, -0.2) is 0 Å². The van der Waals surface area contributed by atoms with E-state index in [0.717, 1.165) is 29.8 Å². The number of benzene rings is 1. The van der Waals surface area contributed by atoms with Crippen LogP contribution in [0.2, 0.25) is 5.02 Å². The molecule has 0 spiro atoms. The maximum atomic E-state index is 6.07. The molecule has 15 heavy (non-hydrogen) atoms. The van der Waals surface area contributed by atoms with Crippen molar-refractivity contribution >= 4 is 11.6 Å². The molecule has 1 aromatic carbocycles. The fourth-order valence-electron chi connectivity index (χ4n) is 1.49. The predicted molar refractivity (Wildman–Crippen MR) is 65.7 cm³/mol. The lowest BCUT2D eigenvalue weighted by atomic mass is 10.0. The molecule has 0 saturated carbocycles. The third-order valence-electron chi connectivity index (χ3n) is 2.38. The van der Waals surface area contributed by atoms with Crippen molar-refractivity contribution in [2.24, 2.45) is 5.84 Å². The Hall–Kier alpha value is -0.830. The van der Waals surface area contributed by atoms with Gasteiger partial charge in [0, 0.05) is 11.1 Å². The summed E-state index contributed by atoms with van der Waals surface area (Å²) in [5.41, 5.74) is 3.94. The highest BCUT2D eigenvalue weighted by molar-refractivity contribution is 6.31. The summed E-state index contributed by atoms with van der Waals surface area (Å²) >= 11 is 6.07. The Morgan fingerprint density at radius 3 is 2.80 bits per heavy atom. The lowest BCUT2D eigenvalue weighted by Gasteiger charge is -2.15. The molecule has 0 heterocycles. The Morgan fingerprint density at radius 2 is 2.20 bits per heavy atom. The van der Waals surface area contributed by atoms with Crippen LogP contribution in [0.4, 0.5) is 0 Å². The van der Waals surface area contributed by atoms with Gasteiger partial charge in [0.05, 0.1) is 0 Å². The molecule has 2 nitrogen and oxygen atoms in total. The van der Waals surface area contributed by atoms with Crippen LogP contribution in [0.1, 0.15) is 18.4 Å². The lowest BCUT2D eigenvalue weighted by Crippen LogP contribution is -2.36. The number of hydrogen-bond donors (Lipinski definition) is 2. The highest BCUT2D eigenvalue weighted by Gasteiger charge is 2.08. The molecular weight excluding hydrogens is 208 g/mol. The molecule has 0 aliphatic carbocycles. The van der Waals surface area contributed by atoms with Gasteiger partial charge in [0.1, 0.15) is 0 Å². The van der Waals surface area contributed by atoms with Crippen molar-refractivity contribution < 1.29 is 0 Å². The van der Waals surface area contributed by atoms with E-state index < -0.39 is 0 Å². The van der Waals surface area contributed by atoms with E-state index in [4.69, 9.17) is 17.4 Å². The number of allylic oxidation sites excluding steroid dienone is 1. The van der Waals surface area contributed by atoms with Crippen molar-refractivity contribution in [3.8, 4) is 0 Å². The maximum absolute atomic E-state index is 6.07. The van der Waals surface area contributed by atoms with Gasteiger partial charge in [0.25, 0.3) is 0 Å². The fourth-order valence-corrected chi connectivity index (χ4v) is 1.71. The summed E-state index contributed by atoms with van der Waals surface area (Å²) in [6.07, 6.45) is 4.69. The summed E-state index contributed by atoms with van der Waals surface area (Å²) < 4.78 is 0. The Labute approximate surface area is 96.1 Å². The zero-order valence-corrected chi connectivity index (χ0v) is 9.50. The van der Waals surface area contributed by atoms with E-state index in [1.54, 1.807) is 0 Å². The van der Waals surface area contributed by atoms with E-state index in [0.29, 0.717) is 0 Å². The van der Waals surface area contributed by atoms with Crippen molar-refractivity contribution in [2.75, 3.05) is 0 Å². The topological polar surface area (TPSA) is 38.0 Å². The summed E-state index contributed by atoms with van der Waals surface area (Å²) in [4.78, 5) is 0. The molecule has 0 aliphatic heterocycles. The van der Waals surface area contributed by atoms with Gasteiger partial charge in [-0.3, -0.25) is 11.3 Å². The molecule has 3 N–H and O–H groups in total. The quantitative estimate of drug-likeness (QED) is 0.443. The van der Waals surface area contributed by atoms with Crippen molar-refractivity contribution in [3.05, 3.63) is 47.5 Å². The Morgan fingerprint density at radius 1 is 1.47 bits per heavy atom. The largest absolute Gasteiger partial charge is 0.271 e. The molecule has 0 radical (unpaired) electrons. The minimum absolute atomic E-state index is 0.253. The van der Waals surface area contributed by atoms with E-state index >= 15 is 0 Å². The number of hydrogen-bond acceptors (Lipinski definition) is 2. The molecule has 0 fully saturated rings. The second-order valence-electron chi connectivity index (χ2n) is 3.53. The highest BCUT2D eigenvalue weighted by Crippen LogP contribution is 2.17. The smallest absolute Gasteiger partial charge is 0.0438 e. The monoisotopic (exact) mass is 224 g/mol. The number of rotatable bonds is 6. The third kappa shape index (κ3) is 4.04. The first kappa shape index (κ1) is 12.2. The van der Waals surface area contributed by atoms with E-state index in [9.17, 15) is 0 Å². The van der Waals surface area contributed by atoms with Gasteiger partial charge in [-0.2, -0.15) is 0 Å². The van der Waals surface area contributed by atoms with Crippen LogP contribution in [0.25, 0.3) is 0 Å². The molecule has 1 rings (SSSR count). The SMILES string of the molecule is C=CCCC(Cc1ccccc1Cl)NN. The van der Waals surface area contributed by atoms with Gasteiger partial charge < -0.3 is 0 Å². The van der Waals surface area contributed by atoms with Crippen LogP contribution in [0.5, 0.6) is 0 Å². The molecule has 1 aromatic rings. The van der Waals surface area contributed by atoms with Crippen LogP contribution in [-0.4, -0.2) is 6.04 Å². The van der Waals surface area contributed by atoms with Crippen molar-refractivity contribution in [3.63, 3.8) is 0 Å². The molecule has 0 aliphatic rings. The maximum Gasteiger partial charge on any atom is 0.0438 e. The van der Waals surface area contributed by atoms with Gasteiger partial charge in [-0.05, 0) is 30.9 Å². The van der Waals surface area contributed by atoms with E-state index in [1.165, 1.54) is 0 Å². The molecule has 82 valence electrons. The summed E-state index contributed by atoms with van der Waals surface area (Å²) in [7, 11) is 0. The minimum atomic E-state index is 0.253. The molecule has 0 bridgehead atoms. The zero-order chi connectivity index (χ0) is 11.1. The third-order valence-corrected chi connectivity index (χ3v) is 2.75. The summed E-state index contributed by atoms with van der Waals surface area (Å²) in [6, 6.07) is 8.10. The molecular formula is C12H17ClN2. The first-order chi connectivity index (χ1) is 7.27. The first-order valence-corrected chi connectivity index (χ1v) is 5.46. The van der Waals surface area contributed by atoms with E-state index in [-0.39, 0.29) is 6.04 Å². The second kappa shape index (κ2) is 6.62. The van der Waals surface area contributed by atoms with Crippen LogP contribution < -0.4 is 11.3 Å². The van der Waals surface area contributed by atoms with Crippen LogP contribution in [0.15, 0.2) is 36.9 Å². The Balaban J connectivity index is 2.58. The molecule has 0 saturated heterocycles.